The van der Waals surface area contributed by atoms with Crippen molar-refractivity contribution in [1.82, 2.24) is 4.90 Å². The molecule has 0 aliphatic carbocycles. The molecule has 1 spiro atoms. The summed E-state index contributed by atoms with van der Waals surface area (Å²) in [5, 5.41) is 3.46. The Kier molecular flexibility index (Phi) is 3.15. The molecular formula is C15H19IN2O2. The third-order valence-electron chi connectivity index (χ3n) is 3.81. The quantitative estimate of drug-likeness (QED) is 0.697. The smallest absolute Gasteiger partial charge is 0.410 e. The number of benzene rings is 1. The van der Waals surface area contributed by atoms with Crippen LogP contribution < -0.4 is 5.32 Å². The second kappa shape index (κ2) is 4.51. The molecule has 0 unspecified atom stereocenters. The van der Waals surface area contributed by atoms with Gasteiger partial charge in [-0.2, -0.15) is 0 Å². The number of nitrogens with zero attached hydrogens (tertiary/aromatic N) is 1. The van der Waals surface area contributed by atoms with E-state index in [9.17, 15) is 4.79 Å². The SMILES string of the molecule is CC(C)(C)OC(=O)N1CC2(CNc3cc(I)ccc32)C1. The van der Waals surface area contributed by atoms with E-state index in [4.69, 9.17) is 4.74 Å². The average molecular weight is 386 g/mol. The predicted molar refractivity (Wildman–Crippen MR) is 87.1 cm³/mol. The highest BCUT2D eigenvalue weighted by Crippen LogP contribution is 2.44. The minimum absolute atomic E-state index is 0.0799. The second-order valence-electron chi connectivity index (χ2n) is 6.66. The number of hydrogen-bond donors (Lipinski definition) is 1. The number of anilines is 1. The van der Waals surface area contributed by atoms with Gasteiger partial charge in [-0.1, -0.05) is 6.07 Å². The molecule has 1 saturated heterocycles. The monoisotopic (exact) mass is 386 g/mol. The number of carbonyl (C=O) groups is 1. The van der Waals surface area contributed by atoms with E-state index in [1.807, 2.05) is 20.8 Å². The Morgan fingerprint density at radius 3 is 2.75 bits per heavy atom. The molecule has 1 aromatic rings. The third-order valence-corrected chi connectivity index (χ3v) is 4.48. The zero-order valence-corrected chi connectivity index (χ0v) is 14.2. The lowest BCUT2D eigenvalue weighted by Crippen LogP contribution is -2.62. The Balaban J connectivity index is 1.71. The zero-order chi connectivity index (χ0) is 14.5. The molecule has 2 aliphatic rings. The summed E-state index contributed by atoms with van der Waals surface area (Å²) < 4.78 is 6.65. The summed E-state index contributed by atoms with van der Waals surface area (Å²) in [7, 11) is 0. The van der Waals surface area contributed by atoms with Gasteiger partial charge in [0.25, 0.3) is 0 Å². The van der Waals surface area contributed by atoms with Crippen LogP contribution in [0, 0.1) is 3.57 Å². The summed E-state index contributed by atoms with van der Waals surface area (Å²) in [6.07, 6.45) is -0.206. The molecule has 1 fully saturated rings. The fourth-order valence-electron chi connectivity index (χ4n) is 2.91. The standard InChI is InChI=1S/C15H19IN2O2/c1-14(2,3)20-13(19)18-8-15(9-18)7-17-12-6-10(16)4-5-11(12)15/h4-6,17H,7-9H2,1-3H3. The van der Waals surface area contributed by atoms with Crippen LogP contribution in [0.3, 0.4) is 0 Å². The maximum atomic E-state index is 12.0. The van der Waals surface area contributed by atoms with E-state index >= 15 is 0 Å². The number of fused-ring (bicyclic) bond motifs is 2. The number of rotatable bonds is 0. The average Bonchev–Trinajstić information content (AvgIpc) is 2.62. The Bertz CT molecular complexity index is 559. The molecule has 2 aliphatic heterocycles. The van der Waals surface area contributed by atoms with Gasteiger partial charge >= 0.3 is 6.09 Å². The van der Waals surface area contributed by atoms with Gasteiger partial charge < -0.3 is 15.0 Å². The van der Waals surface area contributed by atoms with Gasteiger partial charge in [-0.15, -0.1) is 0 Å². The lowest BCUT2D eigenvalue weighted by molar-refractivity contribution is -0.00628. The minimum atomic E-state index is -0.429. The second-order valence-corrected chi connectivity index (χ2v) is 7.91. The van der Waals surface area contributed by atoms with Gasteiger partial charge in [-0.05, 0) is 61.1 Å². The number of carbonyl (C=O) groups excluding carboxylic acids is 1. The van der Waals surface area contributed by atoms with E-state index in [-0.39, 0.29) is 11.5 Å². The van der Waals surface area contributed by atoms with Crippen molar-refractivity contribution in [2.45, 2.75) is 31.8 Å². The molecule has 3 rings (SSSR count). The van der Waals surface area contributed by atoms with E-state index < -0.39 is 5.60 Å². The van der Waals surface area contributed by atoms with Crippen LogP contribution in [-0.4, -0.2) is 36.2 Å². The largest absolute Gasteiger partial charge is 0.444 e. The van der Waals surface area contributed by atoms with Gasteiger partial charge in [0.15, 0.2) is 0 Å². The van der Waals surface area contributed by atoms with Gasteiger partial charge in [0.1, 0.15) is 5.60 Å². The first-order valence-corrected chi connectivity index (χ1v) is 7.89. The lowest BCUT2D eigenvalue weighted by Gasteiger charge is -2.47. The van der Waals surface area contributed by atoms with E-state index in [1.165, 1.54) is 14.8 Å². The van der Waals surface area contributed by atoms with E-state index in [0.717, 1.165) is 19.6 Å². The number of likely N-dealkylation sites (tertiary alicyclic amines) is 1. The Morgan fingerprint density at radius 1 is 1.40 bits per heavy atom. The summed E-state index contributed by atoms with van der Waals surface area (Å²) >= 11 is 2.32. The molecule has 108 valence electrons. The Hall–Kier alpha value is -0.980. The number of nitrogens with one attached hydrogen (secondary N) is 1. The normalized spacial score (nSPS) is 19.3. The van der Waals surface area contributed by atoms with Crippen LogP contribution in [0.5, 0.6) is 0 Å². The lowest BCUT2D eigenvalue weighted by atomic mass is 9.75. The van der Waals surface area contributed by atoms with Crippen LogP contribution in [0.15, 0.2) is 18.2 Å². The summed E-state index contributed by atoms with van der Waals surface area (Å²) in [6.45, 7) is 8.07. The summed E-state index contributed by atoms with van der Waals surface area (Å²) in [5.74, 6) is 0. The summed E-state index contributed by atoms with van der Waals surface area (Å²) in [4.78, 5) is 13.8. The molecule has 1 amide bonds. The van der Waals surface area contributed by atoms with Crippen LogP contribution in [0.1, 0.15) is 26.3 Å². The molecule has 2 heterocycles. The first-order chi connectivity index (χ1) is 9.29. The topological polar surface area (TPSA) is 41.6 Å². The molecule has 0 bridgehead atoms. The highest BCUT2D eigenvalue weighted by molar-refractivity contribution is 14.1. The van der Waals surface area contributed by atoms with Crippen molar-refractivity contribution in [3.63, 3.8) is 0 Å². The van der Waals surface area contributed by atoms with E-state index in [1.54, 1.807) is 4.90 Å². The fraction of sp³-hybridized carbons (Fsp3) is 0.533. The van der Waals surface area contributed by atoms with Crippen molar-refractivity contribution in [3.8, 4) is 0 Å². The third kappa shape index (κ3) is 2.36. The minimum Gasteiger partial charge on any atom is -0.444 e. The summed E-state index contributed by atoms with van der Waals surface area (Å²) in [5.41, 5.74) is 2.19. The first-order valence-electron chi connectivity index (χ1n) is 6.81. The van der Waals surface area contributed by atoms with E-state index in [2.05, 4.69) is 46.1 Å². The van der Waals surface area contributed by atoms with Crippen LogP contribution >= 0.6 is 22.6 Å². The van der Waals surface area contributed by atoms with Crippen LogP contribution in [0.25, 0.3) is 0 Å². The Morgan fingerprint density at radius 2 is 2.10 bits per heavy atom. The number of halogens is 1. The molecular weight excluding hydrogens is 367 g/mol. The predicted octanol–water partition coefficient (Wildman–Crippen LogP) is 3.21. The molecule has 1 N–H and O–H groups in total. The van der Waals surface area contributed by atoms with Gasteiger partial charge in [-0.25, -0.2) is 4.79 Å². The Labute approximate surface area is 133 Å². The zero-order valence-electron chi connectivity index (χ0n) is 12.0. The van der Waals surface area contributed by atoms with Gasteiger partial charge in [-0.3, -0.25) is 0 Å². The highest BCUT2D eigenvalue weighted by Gasteiger charge is 2.51. The molecule has 0 saturated carbocycles. The van der Waals surface area contributed by atoms with Gasteiger partial charge in [0, 0.05) is 28.9 Å². The molecule has 0 atom stereocenters. The first kappa shape index (κ1) is 14.0. The van der Waals surface area contributed by atoms with Crippen LogP contribution in [-0.2, 0) is 10.2 Å². The molecule has 0 aromatic heterocycles. The molecule has 20 heavy (non-hydrogen) atoms. The van der Waals surface area contributed by atoms with Crippen molar-refractivity contribution in [2.75, 3.05) is 25.0 Å². The van der Waals surface area contributed by atoms with Crippen molar-refractivity contribution < 1.29 is 9.53 Å². The fourth-order valence-corrected chi connectivity index (χ4v) is 3.40. The summed E-state index contributed by atoms with van der Waals surface area (Å²) in [6, 6.07) is 6.48. The molecule has 1 aromatic carbocycles. The van der Waals surface area contributed by atoms with Gasteiger partial charge in [0.2, 0.25) is 0 Å². The van der Waals surface area contributed by atoms with Crippen molar-refractivity contribution in [1.29, 1.82) is 0 Å². The maximum Gasteiger partial charge on any atom is 0.410 e. The number of hydrogen-bond acceptors (Lipinski definition) is 3. The maximum absolute atomic E-state index is 12.0. The van der Waals surface area contributed by atoms with E-state index in [0.29, 0.717) is 0 Å². The van der Waals surface area contributed by atoms with Crippen molar-refractivity contribution >= 4 is 34.4 Å². The van der Waals surface area contributed by atoms with Gasteiger partial charge in [0.05, 0.1) is 5.41 Å². The molecule has 0 radical (unpaired) electrons. The van der Waals surface area contributed by atoms with Crippen LogP contribution in [0.4, 0.5) is 10.5 Å². The molecule has 5 heteroatoms. The van der Waals surface area contributed by atoms with Crippen molar-refractivity contribution in [2.24, 2.45) is 0 Å². The van der Waals surface area contributed by atoms with Crippen LogP contribution in [0.2, 0.25) is 0 Å². The number of ether oxygens (including phenoxy) is 1. The number of amides is 1. The van der Waals surface area contributed by atoms with Crippen molar-refractivity contribution in [3.05, 3.63) is 27.3 Å². The molecule has 4 nitrogen and oxygen atoms in total. The highest BCUT2D eigenvalue weighted by atomic mass is 127.